The molecular weight excluding hydrogens is 308 g/mol. The average Bonchev–Trinajstić information content (AvgIpc) is 2.49. The number of ether oxygens (including phenoxy) is 1. The van der Waals surface area contributed by atoms with Gasteiger partial charge in [0.15, 0.2) is 0 Å². The van der Waals surface area contributed by atoms with Crippen molar-refractivity contribution < 1.29 is 18.3 Å². The molecule has 0 saturated carbocycles. The number of rotatable bonds is 5. The second kappa shape index (κ2) is 7.26. The fourth-order valence-corrected chi connectivity index (χ4v) is 2.38. The van der Waals surface area contributed by atoms with Gasteiger partial charge in [-0.15, -0.1) is 0 Å². The third kappa shape index (κ3) is 4.21. The second-order valence-electron chi connectivity index (χ2n) is 4.54. The molecule has 2 rings (SSSR count). The zero-order valence-electron chi connectivity index (χ0n) is 12.1. The van der Waals surface area contributed by atoms with Gasteiger partial charge in [0.05, 0.1) is 7.11 Å². The van der Waals surface area contributed by atoms with Crippen LogP contribution in [0.5, 0.6) is 5.75 Å². The molecule has 6 heteroatoms. The van der Waals surface area contributed by atoms with Gasteiger partial charge >= 0.3 is 0 Å². The van der Waals surface area contributed by atoms with Crippen molar-refractivity contribution in [2.45, 2.75) is 17.6 Å². The smallest absolute Gasteiger partial charge is 0.288 e. The van der Waals surface area contributed by atoms with Crippen LogP contribution in [-0.4, -0.2) is 18.8 Å². The van der Waals surface area contributed by atoms with Crippen LogP contribution in [0, 0.1) is 6.92 Å². The molecule has 2 aromatic carbocycles. The van der Waals surface area contributed by atoms with Crippen molar-refractivity contribution in [2.24, 2.45) is 0 Å². The van der Waals surface area contributed by atoms with Crippen molar-refractivity contribution >= 4 is 23.4 Å². The number of anilines is 1. The minimum atomic E-state index is -2.46. The molecule has 0 aliphatic heterocycles. The number of halogens is 2. The van der Waals surface area contributed by atoms with Gasteiger partial charge in [-0.25, -0.2) is 0 Å². The predicted octanol–water partition coefficient (Wildman–Crippen LogP) is 4.57. The lowest BCUT2D eigenvalue weighted by Gasteiger charge is -2.09. The molecule has 0 heterocycles. The lowest BCUT2D eigenvalue weighted by atomic mass is 10.1. The molecule has 0 aliphatic carbocycles. The van der Waals surface area contributed by atoms with Gasteiger partial charge in [-0.1, -0.05) is 17.8 Å². The highest BCUT2D eigenvalue weighted by Gasteiger charge is 2.10. The van der Waals surface area contributed by atoms with Gasteiger partial charge in [0.1, 0.15) is 5.75 Å². The van der Waals surface area contributed by atoms with Crippen LogP contribution in [0.2, 0.25) is 0 Å². The summed E-state index contributed by atoms with van der Waals surface area (Å²) in [4.78, 5) is 12.6. The van der Waals surface area contributed by atoms with E-state index in [-0.39, 0.29) is 5.91 Å². The summed E-state index contributed by atoms with van der Waals surface area (Å²) < 4.78 is 29.7. The molecule has 1 N–H and O–H groups in total. The minimum absolute atomic E-state index is 0.285. The number of thioether (sulfide) groups is 1. The Balaban J connectivity index is 2.08. The van der Waals surface area contributed by atoms with Crippen molar-refractivity contribution in [1.29, 1.82) is 0 Å². The Morgan fingerprint density at radius 1 is 1.18 bits per heavy atom. The average molecular weight is 323 g/mol. The van der Waals surface area contributed by atoms with E-state index < -0.39 is 5.76 Å². The molecule has 0 fully saturated rings. The topological polar surface area (TPSA) is 38.3 Å². The summed E-state index contributed by atoms with van der Waals surface area (Å²) in [6, 6.07) is 11.4. The van der Waals surface area contributed by atoms with Crippen LogP contribution in [0.4, 0.5) is 14.5 Å². The maximum Gasteiger partial charge on any atom is 0.288 e. The number of carbonyl (C=O) groups excluding carboxylic acids is 1. The number of aryl methyl sites for hydroxylation is 1. The number of nitrogens with one attached hydrogen (secondary N) is 1. The number of benzene rings is 2. The van der Waals surface area contributed by atoms with Crippen LogP contribution in [0.25, 0.3) is 0 Å². The van der Waals surface area contributed by atoms with Crippen molar-refractivity contribution in [3.63, 3.8) is 0 Å². The zero-order chi connectivity index (χ0) is 16.1. The molecule has 116 valence electrons. The Hall–Kier alpha value is -2.08. The Bertz CT molecular complexity index is 660. The number of hydrogen-bond donors (Lipinski definition) is 1. The van der Waals surface area contributed by atoms with Crippen molar-refractivity contribution in [3.8, 4) is 5.75 Å². The van der Waals surface area contributed by atoms with E-state index in [1.165, 1.54) is 0 Å². The Morgan fingerprint density at radius 2 is 1.86 bits per heavy atom. The van der Waals surface area contributed by atoms with E-state index in [0.717, 1.165) is 5.56 Å². The Kier molecular flexibility index (Phi) is 5.38. The lowest BCUT2D eigenvalue weighted by Crippen LogP contribution is -2.12. The molecule has 0 spiro atoms. The van der Waals surface area contributed by atoms with Gasteiger partial charge in [-0.05, 0) is 48.9 Å². The van der Waals surface area contributed by atoms with Gasteiger partial charge < -0.3 is 10.1 Å². The fraction of sp³-hybridized carbons (Fsp3) is 0.188. The third-order valence-corrected chi connectivity index (χ3v) is 3.73. The second-order valence-corrected chi connectivity index (χ2v) is 5.60. The van der Waals surface area contributed by atoms with Gasteiger partial charge in [0, 0.05) is 16.1 Å². The van der Waals surface area contributed by atoms with E-state index >= 15 is 0 Å². The standard InChI is InChI=1S/C16H15F2NO2S/c1-10-3-4-11(9-14(10)21-2)15(20)19-12-5-7-13(8-6-12)22-16(17)18/h3-9,16H,1-2H3,(H,19,20). The van der Waals surface area contributed by atoms with Crippen LogP contribution in [0.15, 0.2) is 47.4 Å². The summed E-state index contributed by atoms with van der Waals surface area (Å²) in [6.07, 6.45) is 0. The Morgan fingerprint density at radius 3 is 2.45 bits per heavy atom. The first-order valence-corrected chi connectivity index (χ1v) is 7.38. The summed E-state index contributed by atoms with van der Waals surface area (Å²) in [7, 11) is 1.55. The van der Waals surface area contributed by atoms with Gasteiger partial charge in [-0.3, -0.25) is 4.79 Å². The fourth-order valence-electron chi connectivity index (χ4n) is 1.88. The van der Waals surface area contributed by atoms with E-state index in [2.05, 4.69) is 5.32 Å². The van der Waals surface area contributed by atoms with Crippen LogP contribution >= 0.6 is 11.8 Å². The lowest BCUT2D eigenvalue weighted by molar-refractivity contribution is 0.102. The van der Waals surface area contributed by atoms with Gasteiger partial charge in [-0.2, -0.15) is 8.78 Å². The highest BCUT2D eigenvalue weighted by atomic mass is 32.2. The molecule has 0 aromatic heterocycles. The maximum atomic E-state index is 12.2. The molecule has 0 atom stereocenters. The van der Waals surface area contributed by atoms with Crippen LogP contribution < -0.4 is 10.1 Å². The van der Waals surface area contributed by atoms with Crippen LogP contribution in [0.1, 0.15) is 15.9 Å². The van der Waals surface area contributed by atoms with Gasteiger partial charge in [0.2, 0.25) is 0 Å². The molecule has 3 nitrogen and oxygen atoms in total. The number of methoxy groups -OCH3 is 1. The van der Waals surface area contributed by atoms with Crippen molar-refractivity contribution in [3.05, 3.63) is 53.6 Å². The summed E-state index contributed by atoms with van der Waals surface area (Å²) in [6.45, 7) is 1.89. The molecule has 0 saturated heterocycles. The number of alkyl halides is 2. The van der Waals surface area contributed by atoms with E-state index in [1.54, 1.807) is 49.6 Å². The van der Waals surface area contributed by atoms with Crippen molar-refractivity contribution in [1.82, 2.24) is 0 Å². The quantitative estimate of drug-likeness (QED) is 0.819. The molecule has 1 amide bonds. The molecular formula is C16H15F2NO2S. The monoisotopic (exact) mass is 323 g/mol. The van der Waals surface area contributed by atoms with E-state index in [9.17, 15) is 13.6 Å². The highest BCUT2D eigenvalue weighted by Crippen LogP contribution is 2.26. The maximum absolute atomic E-state index is 12.2. The number of hydrogen-bond acceptors (Lipinski definition) is 3. The minimum Gasteiger partial charge on any atom is -0.496 e. The summed E-state index contributed by atoms with van der Waals surface area (Å²) in [5, 5.41) is 2.72. The molecule has 0 radical (unpaired) electrons. The third-order valence-electron chi connectivity index (χ3n) is 3.01. The first-order valence-electron chi connectivity index (χ1n) is 6.50. The SMILES string of the molecule is COc1cc(C(=O)Nc2ccc(SC(F)F)cc2)ccc1C. The number of amides is 1. The number of carbonyl (C=O) groups is 1. The van der Waals surface area contributed by atoms with Crippen LogP contribution in [-0.2, 0) is 0 Å². The Labute approximate surface area is 131 Å². The molecule has 0 unspecified atom stereocenters. The summed E-state index contributed by atoms with van der Waals surface area (Å²) >= 11 is 0.466. The largest absolute Gasteiger partial charge is 0.496 e. The summed E-state index contributed by atoms with van der Waals surface area (Å²) in [5.41, 5.74) is 1.95. The first kappa shape index (κ1) is 16.3. The van der Waals surface area contributed by atoms with E-state index in [4.69, 9.17) is 4.74 Å². The first-order chi connectivity index (χ1) is 10.5. The molecule has 0 bridgehead atoms. The van der Waals surface area contributed by atoms with E-state index in [1.807, 2.05) is 6.92 Å². The van der Waals surface area contributed by atoms with Gasteiger partial charge in [0.25, 0.3) is 11.7 Å². The zero-order valence-corrected chi connectivity index (χ0v) is 12.9. The molecule has 22 heavy (non-hydrogen) atoms. The normalized spacial score (nSPS) is 10.6. The molecule has 0 aliphatic rings. The highest BCUT2D eigenvalue weighted by molar-refractivity contribution is 7.99. The van der Waals surface area contributed by atoms with E-state index in [0.29, 0.717) is 33.7 Å². The molecule has 2 aromatic rings. The predicted molar refractivity (Wildman–Crippen MR) is 84.0 cm³/mol. The summed E-state index contributed by atoms with van der Waals surface area (Å²) in [5.74, 6) is -2.11. The van der Waals surface area contributed by atoms with Crippen LogP contribution in [0.3, 0.4) is 0 Å². The van der Waals surface area contributed by atoms with Crippen molar-refractivity contribution in [2.75, 3.05) is 12.4 Å².